The summed E-state index contributed by atoms with van der Waals surface area (Å²) in [4.78, 5) is 26.7. The van der Waals surface area contributed by atoms with Gasteiger partial charge in [-0.1, -0.05) is 42.5 Å². The largest absolute Gasteiger partial charge is 0.491 e. The number of para-hydroxylation sites is 2. The van der Waals surface area contributed by atoms with Crippen molar-refractivity contribution in [2.45, 2.75) is 19.5 Å². The van der Waals surface area contributed by atoms with E-state index in [0.29, 0.717) is 29.1 Å². The highest BCUT2D eigenvalue weighted by Crippen LogP contribution is 2.31. The minimum atomic E-state index is -2.96. The monoisotopic (exact) mass is 452 g/mol. The van der Waals surface area contributed by atoms with Crippen molar-refractivity contribution in [1.29, 1.82) is 0 Å². The summed E-state index contributed by atoms with van der Waals surface area (Å²) in [7, 11) is 0. The third-order valence-corrected chi connectivity index (χ3v) is 5.13. The normalized spacial score (nSPS) is 13.2. The maximum atomic E-state index is 12.9. The molecule has 0 saturated heterocycles. The van der Waals surface area contributed by atoms with Crippen LogP contribution >= 0.6 is 0 Å². The van der Waals surface area contributed by atoms with Crippen LogP contribution in [0.3, 0.4) is 0 Å². The number of hydrogen-bond donors (Lipinski definition) is 1. The first-order chi connectivity index (χ1) is 16.0. The Balaban J connectivity index is 1.53. The zero-order chi connectivity index (χ0) is 23.2. The molecule has 1 N–H and O–H groups in total. The highest BCUT2D eigenvalue weighted by atomic mass is 19.3. The second-order valence-corrected chi connectivity index (χ2v) is 7.46. The summed E-state index contributed by atoms with van der Waals surface area (Å²) < 4.78 is 36.0. The standard InChI is InChI=1S/C25H22F2N2O4/c26-25(27)33-21-11-10-19(15-18(21)14-17-6-2-1-3-7-17)28-23(30)16-29-20-8-4-5-9-22(20)32-13-12-24(29)31/h1-11,15,25H,12-14,16H2,(H,28,30). The minimum absolute atomic E-state index is 0.0422. The Bertz CT molecular complexity index is 1140. The second-order valence-electron chi connectivity index (χ2n) is 7.46. The van der Waals surface area contributed by atoms with Gasteiger partial charge in [0.2, 0.25) is 11.8 Å². The lowest BCUT2D eigenvalue weighted by molar-refractivity contribution is -0.121. The Morgan fingerprint density at radius 2 is 1.82 bits per heavy atom. The fourth-order valence-corrected chi connectivity index (χ4v) is 3.66. The number of benzene rings is 3. The van der Waals surface area contributed by atoms with Crippen molar-refractivity contribution >= 4 is 23.2 Å². The summed E-state index contributed by atoms with van der Waals surface area (Å²) in [6.07, 6.45) is 0.505. The Morgan fingerprint density at radius 3 is 2.61 bits per heavy atom. The molecule has 0 aromatic heterocycles. The Kier molecular flexibility index (Phi) is 6.83. The Hall–Kier alpha value is -3.94. The van der Waals surface area contributed by atoms with Crippen molar-refractivity contribution in [3.63, 3.8) is 0 Å². The lowest BCUT2D eigenvalue weighted by atomic mass is 10.0. The molecule has 0 radical (unpaired) electrons. The predicted octanol–water partition coefficient (Wildman–Crippen LogP) is 4.63. The summed E-state index contributed by atoms with van der Waals surface area (Å²) in [5.41, 5.74) is 2.36. The number of amides is 2. The summed E-state index contributed by atoms with van der Waals surface area (Å²) in [5.74, 6) is -0.0655. The van der Waals surface area contributed by atoms with Gasteiger partial charge in [-0.15, -0.1) is 0 Å². The first-order valence-electron chi connectivity index (χ1n) is 10.4. The quantitative estimate of drug-likeness (QED) is 0.568. The molecular formula is C25H22F2N2O4. The molecule has 0 fully saturated rings. The summed E-state index contributed by atoms with van der Waals surface area (Å²) in [6.45, 7) is -2.93. The number of hydrogen-bond acceptors (Lipinski definition) is 4. The number of nitrogens with zero attached hydrogens (tertiary/aromatic N) is 1. The van der Waals surface area contributed by atoms with Crippen LogP contribution < -0.4 is 19.7 Å². The molecule has 0 saturated carbocycles. The average Bonchev–Trinajstić information content (AvgIpc) is 2.95. The van der Waals surface area contributed by atoms with Gasteiger partial charge in [0.05, 0.1) is 18.7 Å². The van der Waals surface area contributed by atoms with Gasteiger partial charge in [-0.25, -0.2) is 0 Å². The number of carbonyl (C=O) groups excluding carboxylic acids is 2. The van der Waals surface area contributed by atoms with Crippen LogP contribution in [0.15, 0.2) is 72.8 Å². The third kappa shape index (κ3) is 5.65. The highest BCUT2D eigenvalue weighted by Gasteiger charge is 2.25. The highest BCUT2D eigenvalue weighted by molar-refractivity contribution is 6.03. The molecule has 1 aliphatic heterocycles. The molecule has 3 aromatic carbocycles. The van der Waals surface area contributed by atoms with E-state index in [-0.39, 0.29) is 31.2 Å². The number of halogens is 2. The van der Waals surface area contributed by atoms with E-state index in [2.05, 4.69) is 10.1 Å². The van der Waals surface area contributed by atoms with E-state index in [4.69, 9.17) is 4.74 Å². The van der Waals surface area contributed by atoms with Crippen LogP contribution in [0.5, 0.6) is 11.5 Å². The summed E-state index contributed by atoms with van der Waals surface area (Å²) in [5, 5.41) is 2.75. The van der Waals surface area contributed by atoms with E-state index >= 15 is 0 Å². The maximum Gasteiger partial charge on any atom is 0.387 e. The van der Waals surface area contributed by atoms with Crippen LogP contribution in [0.4, 0.5) is 20.2 Å². The van der Waals surface area contributed by atoms with Gasteiger partial charge in [-0.2, -0.15) is 8.78 Å². The number of ether oxygens (including phenoxy) is 2. The number of carbonyl (C=O) groups is 2. The predicted molar refractivity (Wildman–Crippen MR) is 120 cm³/mol. The second kappa shape index (κ2) is 10.1. The molecule has 2 amide bonds. The molecular weight excluding hydrogens is 430 g/mol. The zero-order valence-corrected chi connectivity index (χ0v) is 17.7. The first-order valence-corrected chi connectivity index (χ1v) is 10.4. The van der Waals surface area contributed by atoms with Crippen LogP contribution in [0, 0.1) is 0 Å². The van der Waals surface area contributed by atoms with Gasteiger partial charge in [-0.05, 0) is 35.9 Å². The minimum Gasteiger partial charge on any atom is -0.491 e. The van der Waals surface area contributed by atoms with Gasteiger partial charge in [0.25, 0.3) is 0 Å². The van der Waals surface area contributed by atoms with Gasteiger partial charge < -0.3 is 14.8 Å². The average molecular weight is 452 g/mol. The van der Waals surface area contributed by atoms with Gasteiger partial charge in [0.1, 0.15) is 18.0 Å². The summed E-state index contributed by atoms with van der Waals surface area (Å²) >= 11 is 0. The van der Waals surface area contributed by atoms with Crippen molar-refractivity contribution in [1.82, 2.24) is 0 Å². The number of alkyl halides is 2. The topological polar surface area (TPSA) is 67.9 Å². The van der Waals surface area contributed by atoms with E-state index in [0.717, 1.165) is 5.56 Å². The van der Waals surface area contributed by atoms with Crippen molar-refractivity contribution < 1.29 is 27.8 Å². The molecule has 0 aliphatic carbocycles. The summed E-state index contributed by atoms with van der Waals surface area (Å²) in [6, 6.07) is 20.9. The lowest BCUT2D eigenvalue weighted by Crippen LogP contribution is -2.37. The molecule has 0 spiro atoms. The molecule has 4 rings (SSSR count). The van der Waals surface area contributed by atoms with E-state index in [1.165, 1.54) is 17.0 Å². The zero-order valence-electron chi connectivity index (χ0n) is 17.7. The number of fused-ring (bicyclic) bond motifs is 1. The fourth-order valence-electron chi connectivity index (χ4n) is 3.66. The third-order valence-electron chi connectivity index (χ3n) is 5.13. The van der Waals surface area contributed by atoms with Crippen LogP contribution in [0.2, 0.25) is 0 Å². The molecule has 33 heavy (non-hydrogen) atoms. The number of anilines is 2. The maximum absolute atomic E-state index is 12.9. The van der Waals surface area contributed by atoms with Gasteiger partial charge in [0, 0.05) is 17.7 Å². The SMILES string of the molecule is O=C(CN1C(=O)CCOc2ccccc21)Nc1ccc(OC(F)F)c(Cc2ccccc2)c1. The van der Waals surface area contributed by atoms with Gasteiger partial charge >= 0.3 is 6.61 Å². The van der Waals surface area contributed by atoms with Crippen molar-refractivity contribution in [3.05, 3.63) is 83.9 Å². The van der Waals surface area contributed by atoms with Crippen LogP contribution in [0.25, 0.3) is 0 Å². The smallest absolute Gasteiger partial charge is 0.387 e. The van der Waals surface area contributed by atoms with E-state index in [1.807, 2.05) is 30.3 Å². The van der Waals surface area contributed by atoms with Crippen LogP contribution in [-0.4, -0.2) is 31.6 Å². The number of rotatable bonds is 7. The molecule has 0 unspecified atom stereocenters. The van der Waals surface area contributed by atoms with Crippen molar-refractivity contribution in [2.24, 2.45) is 0 Å². The molecule has 0 atom stereocenters. The lowest BCUT2D eigenvalue weighted by Gasteiger charge is -2.21. The van der Waals surface area contributed by atoms with E-state index < -0.39 is 12.5 Å². The van der Waals surface area contributed by atoms with Gasteiger partial charge in [-0.3, -0.25) is 14.5 Å². The Labute approximate surface area is 189 Å². The van der Waals surface area contributed by atoms with E-state index in [9.17, 15) is 18.4 Å². The molecule has 1 heterocycles. The van der Waals surface area contributed by atoms with Crippen LogP contribution in [0.1, 0.15) is 17.5 Å². The van der Waals surface area contributed by atoms with Crippen LogP contribution in [-0.2, 0) is 16.0 Å². The molecule has 170 valence electrons. The molecule has 1 aliphatic rings. The molecule has 8 heteroatoms. The fraction of sp³-hybridized carbons (Fsp3) is 0.200. The Morgan fingerprint density at radius 1 is 1.06 bits per heavy atom. The van der Waals surface area contributed by atoms with E-state index in [1.54, 1.807) is 30.3 Å². The molecule has 6 nitrogen and oxygen atoms in total. The van der Waals surface area contributed by atoms with Crippen molar-refractivity contribution in [2.75, 3.05) is 23.4 Å². The van der Waals surface area contributed by atoms with Gasteiger partial charge in [0.15, 0.2) is 0 Å². The number of nitrogens with one attached hydrogen (secondary N) is 1. The first kappa shape index (κ1) is 22.3. The van der Waals surface area contributed by atoms with Crippen molar-refractivity contribution in [3.8, 4) is 11.5 Å². The molecule has 3 aromatic rings. The molecule has 0 bridgehead atoms.